The molecule has 1 N–H and O–H groups in total. The Morgan fingerprint density at radius 1 is 0.879 bits per heavy atom. The van der Waals surface area contributed by atoms with Crippen LogP contribution in [-0.4, -0.2) is 15.9 Å². The molecule has 0 atom stereocenters. The minimum Gasteiger partial charge on any atom is -0.322 e. The van der Waals surface area contributed by atoms with Gasteiger partial charge in [0.05, 0.1) is 16.8 Å². The average molecular weight is 450 g/mol. The van der Waals surface area contributed by atoms with Gasteiger partial charge < -0.3 is 5.32 Å². The van der Waals surface area contributed by atoms with Crippen LogP contribution in [0.4, 0.5) is 5.69 Å². The van der Waals surface area contributed by atoms with Crippen molar-refractivity contribution in [1.29, 1.82) is 0 Å². The minimum atomic E-state index is -0.213. The van der Waals surface area contributed by atoms with E-state index in [1.807, 2.05) is 60.7 Å². The molecule has 0 aliphatic carbocycles. The van der Waals surface area contributed by atoms with E-state index in [-0.39, 0.29) is 5.91 Å². The molecule has 0 radical (unpaired) electrons. The highest BCUT2D eigenvalue weighted by atomic mass is 35.5. The maximum atomic E-state index is 13.5. The zero-order valence-electron chi connectivity index (χ0n) is 17.7. The maximum absolute atomic E-state index is 13.5. The lowest BCUT2D eigenvalue weighted by Gasteiger charge is -2.14. The summed E-state index contributed by atoms with van der Waals surface area (Å²) in [5.74, 6) is -0.213. The van der Waals surface area contributed by atoms with Crippen molar-refractivity contribution in [3.8, 4) is 11.3 Å². The quantitative estimate of drug-likeness (QED) is 0.321. The van der Waals surface area contributed by atoms with Gasteiger partial charge >= 0.3 is 0 Å². The lowest BCUT2D eigenvalue weighted by Crippen LogP contribution is -2.14. The van der Waals surface area contributed by atoms with E-state index in [1.54, 1.807) is 30.6 Å². The van der Waals surface area contributed by atoms with Gasteiger partial charge in [0, 0.05) is 34.1 Å². The summed E-state index contributed by atoms with van der Waals surface area (Å²) in [7, 11) is 0. The fraction of sp³-hybridized carbons (Fsp3) is 0.0357. The van der Waals surface area contributed by atoms with E-state index in [0.717, 1.165) is 23.2 Å². The summed E-state index contributed by atoms with van der Waals surface area (Å²) < 4.78 is 0. The van der Waals surface area contributed by atoms with E-state index in [9.17, 15) is 4.79 Å². The highest BCUT2D eigenvalue weighted by Gasteiger charge is 2.16. The first-order chi connectivity index (χ1) is 16.2. The number of carbonyl (C=O) groups is 1. The number of para-hydroxylation sites is 1. The SMILES string of the molecule is O=C(Nc1ccccc1Cc1ccccc1)c1cc(-c2cccnc2)nc2ccc(Cl)cc12. The third-order valence-electron chi connectivity index (χ3n) is 5.48. The normalized spacial score (nSPS) is 10.8. The Hall–Kier alpha value is -4.02. The number of halogens is 1. The number of rotatable bonds is 5. The number of hydrogen-bond acceptors (Lipinski definition) is 3. The summed E-state index contributed by atoms with van der Waals surface area (Å²) in [6, 6.07) is 29.0. The summed E-state index contributed by atoms with van der Waals surface area (Å²) in [5.41, 5.74) is 5.73. The van der Waals surface area contributed by atoms with E-state index < -0.39 is 0 Å². The highest BCUT2D eigenvalue weighted by molar-refractivity contribution is 6.31. The van der Waals surface area contributed by atoms with Crippen molar-refractivity contribution in [2.24, 2.45) is 0 Å². The number of amides is 1. The van der Waals surface area contributed by atoms with Gasteiger partial charge in [0.1, 0.15) is 0 Å². The zero-order valence-corrected chi connectivity index (χ0v) is 18.5. The third-order valence-corrected chi connectivity index (χ3v) is 5.71. The number of pyridine rings is 2. The van der Waals surface area contributed by atoms with Crippen molar-refractivity contribution >= 4 is 34.1 Å². The van der Waals surface area contributed by atoms with Crippen LogP contribution in [0, 0.1) is 0 Å². The largest absolute Gasteiger partial charge is 0.322 e. The Morgan fingerprint density at radius 2 is 1.70 bits per heavy atom. The van der Waals surface area contributed by atoms with Crippen molar-refractivity contribution in [3.63, 3.8) is 0 Å². The van der Waals surface area contributed by atoms with Crippen LogP contribution in [0.2, 0.25) is 5.02 Å². The van der Waals surface area contributed by atoms with E-state index in [2.05, 4.69) is 22.4 Å². The van der Waals surface area contributed by atoms with Crippen LogP contribution in [0.25, 0.3) is 22.2 Å². The van der Waals surface area contributed by atoms with Gasteiger partial charge in [-0.15, -0.1) is 0 Å². The van der Waals surface area contributed by atoms with Crippen molar-refractivity contribution in [1.82, 2.24) is 9.97 Å². The molecule has 3 aromatic carbocycles. The predicted molar refractivity (Wildman–Crippen MR) is 134 cm³/mol. The Kier molecular flexibility index (Phi) is 5.83. The Morgan fingerprint density at radius 3 is 2.52 bits per heavy atom. The van der Waals surface area contributed by atoms with Crippen LogP contribution in [0.5, 0.6) is 0 Å². The van der Waals surface area contributed by atoms with Crippen LogP contribution in [0.15, 0.2) is 103 Å². The molecule has 160 valence electrons. The van der Waals surface area contributed by atoms with Crippen molar-refractivity contribution in [2.45, 2.75) is 6.42 Å². The second-order valence-electron chi connectivity index (χ2n) is 7.73. The molecule has 5 heteroatoms. The van der Waals surface area contributed by atoms with Gasteiger partial charge in [0.15, 0.2) is 0 Å². The molecule has 2 aromatic heterocycles. The van der Waals surface area contributed by atoms with Gasteiger partial charge in [-0.1, -0.05) is 60.1 Å². The van der Waals surface area contributed by atoms with Gasteiger partial charge in [-0.3, -0.25) is 9.78 Å². The second-order valence-corrected chi connectivity index (χ2v) is 8.17. The monoisotopic (exact) mass is 449 g/mol. The summed E-state index contributed by atoms with van der Waals surface area (Å²) in [4.78, 5) is 22.4. The molecule has 0 bridgehead atoms. The van der Waals surface area contributed by atoms with E-state index in [0.29, 0.717) is 27.2 Å². The lowest BCUT2D eigenvalue weighted by molar-refractivity contribution is 0.102. The molecule has 33 heavy (non-hydrogen) atoms. The first kappa shape index (κ1) is 20.9. The van der Waals surface area contributed by atoms with Crippen molar-refractivity contribution in [3.05, 3.63) is 125 Å². The first-order valence-electron chi connectivity index (χ1n) is 10.6. The van der Waals surface area contributed by atoms with E-state index in [4.69, 9.17) is 16.6 Å². The summed E-state index contributed by atoms with van der Waals surface area (Å²) >= 11 is 6.26. The maximum Gasteiger partial charge on any atom is 0.256 e. The molecule has 0 aliphatic heterocycles. The summed E-state index contributed by atoms with van der Waals surface area (Å²) in [6.45, 7) is 0. The molecule has 0 fully saturated rings. The number of benzene rings is 3. The average Bonchev–Trinajstić information content (AvgIpc) is 2.86. The van der Waals surface area contributed by atoms with Crippen LogP contribution >= 0.6 is 11.6 Å². The Balaban J connectivity index is 1.55. The molecular weight excluding hydrogens is 430 g/mol. The predicted octanol–water partition coefficient (Wildman–Crippen LogP) is 6.79. The van der Waals surface area contributed by atoms with Crippen molar-refractivity contribution in [2.75, 3.05) is 5.32 Å². The molecule has 5 aromatic rings. The van der Waals surface area contributed by atoms with Crippen LogP contribution in [0.1, 0.15) is 21.5 Å². The van der Waals surface area contributed by atoms with Gasteiger partial charge in [0.25, 0.3) is 5.91 Å². The number of hydrogen-bond donors (Lipinski definition) is 1. The number of fused-ring (bicyclic) bond motifs is 1. The first-order valence-corrected chi connectivity index (χ1v) is 11.0. The number of nitrogens with one attached hydrogen (secondary N) is 1. The Bertz CT molecular complexity index is 1440. The van der Waals surface area contributed by atoms with Crippen molar-refractivity contribution < 1.29 is 4.79 Å². The number of anilines is 1. The zero-order chi connectivity index (χ0) is 22.6. The summed E-state index contributed by atoms with van der Waals surface area (Å²) in [5, 5.41) is 4.37. The third kappa shape index (κ3) is 4.61. The molecule has 0 saturated carbocycles. The van der Waals surface area contributed by atoms with Crippen LogP contribution in [-0.2, 0) is 6.42 Å². The van der Waals surface area contributed by atoms with E-state index >= 15 is 0 Å². The molecule has 0 saturated heterocycles. The molecule has 1 amide bonds. The number of nitrogens with zero attached hydrogens (tertiary/aromatic N) is 2. The molecule has 4 nitrogen and oxygen atoms in total. The minimum absolute atomic E-state index is 0.213. The van der Waals surface area contributed by atoms with Gasteiger partial charge in [-0.05, 0) is 60.0 Å². The Labute approximate surface area is 196 Å². The number of carbonyl (C=O) groups excluding carboxylic acids is 1. The van der Waals surface area contributed by atoms with Gasteiger partial charge in [-0.2, -0.15) is 0 Å². The van der Waals surface area contributed by atoms with Crippen LogP contribution in [0.3, 0.4) is 0 Å². The van der Waals surface area contributed by atoms with Gasteiger partial charge in [-0.25, -0.2) is 4.98 Å². The molecule has 0 aliphatic rings. The molecular formula is C28H20ClN3O. The molecule has 0 unspecified atom stereocenters. The summed E-state index contributed by atoms with van der Waals surface area (Å²) in [6.07, 6.45) is 4.17. The molecule has 2 heterocycles. The highest BCUT2D eigenvalue weighted by Crippen LogP contribution is 2.28. The molecule has 0 spiro atoms. The second kappa shape index (κ2) is 9.23. The standard InChI is InChI=1S/C28H20ClN3O/c29-22-12-13-26-23(16-22)24(17-27(31-26)21-10-6-14-30-18-21)28(33)32-25-11-5-4-9-20(25)15-19-7-2-1-3-8-19/h1-14,16-18H,15H2,(H,32,33). The van der Waals surface area contributed by atoms with Gasteiger partial charge in [0.2, 0.25) is 0 Å². The molecule has 5 rings (SSSR count). The lowest BCUT2D eigenvalue weighted by atomic mass is 10.0. The fourth-order valence-electron chi connectivity index (χ4n) is 3.85. The number of aromatic nitrogens is 2. The van der Waals surface area contributed by atoms with E-state index in [1.165, 1.54) is 5.56 Å². The fourth-order valence-corrected chi connectivity index (χ4v) is 4.02. The van der Waals surface area contributed by atoms with Crippen LogP contribution < -0.4 is 5.32 Å². The topological polar surface area (TPSA) is 54.9 Å². The smallest absolute Gasteiger partial charge is 0.256 e.